The van der Waals surface area contributed by atoms with E-state index in [0.29, 0.717) is 22.0 Å². The van der Waals surface area contributed by atoms with Gasteiger partial charge in [0.25, 0.3) is 5.91 Å². The number of para-hydroxylation sites is 1. The predicted molar refractivity (Wildman–Crippen MR) is 78.9 cm³/mol. The lowest BCUT2D eigenvalue weighted by molar-refractivity contribution is -0.138. The van der Waals surface area contributed by atoms with Crippen molar-refractivity contribution in [3.8, 4) is 0 Å². The third kappa shape index (κ3) is 2.19. The molecule has 0 spiro atoms. The first-order chi connectivity index (χ1) is 9.99. The molecule has 0 radical (unpaired) electrons. The maximum atomic E-state index is 12.7. The van der Waals surface area contributed by atoms with E-state index in [4.69, 9.17) is 11.6 Å². The van der Waals surface area contributed by atoms with Gasteiger partial charge in [-0.15, -0.1) is 0 Å². The van der Waals surface area contributed by atoms with Gasteiger partial charge in [0.1, 0.15) is 11.6 Å². The smallest absolute Gasteiger partial charge is 0.312 e. The molecule has 0 aliphatic carbocycles. The Kier molecular flexibility index (Phi) is 3.22. The van der Waals surface area contributed by atoms with Crippen LogP contribution in [0.5, 0.6) is 0 Å². The molecule has 1 atom stereocenters. The minimum atomic E-state index is -0.928. The number of carbonyl (C=O) groups excluding carboxylic acids is 1. The SMILES string of the molecule is Cn1cc(Cl)cc1C(=O)N1C[C@@H](C(=O)O)c2ccccc21. The Labute approximate surface area is 126 Å². The fraction of sp³-hybridized carbons (Fsp3) is 0.200. The summed E-state index contributed by atoms with van der Waals surface area (Å²) in [6.07, 6.45) is 1.64. The Bertz CT molecular complexity index is 738. The van der Waals surface area contributed by atoms with Gasteiger partial charge in [-0.3, -0.25) is 9.59 Å². The van der Waals surface area contributed by atoms with Gasteiger partial charge in [-0.1, -0.05) is 29.8 Å². The number of anilines is 1. The van der Waals surface area contributed by atoms with Gasteiger partial charge in [0, 0.05) is 25.5 Å². The molecule has 1 aliphatic heterocycles. The van der Waals surface area contributed by atoms with E-state index >= 15 is 0 Å². The van der Waals surface area contributed by atoms with Crippen molar-refractivity contribution in [1.29, 1.82) is 0 Å². The third-order valence-electron chi connectivity index (χ3n) is 3.70. The van der Waals surface area contributed by atoms with E-state index in [0.717, 1.165) is 0 Å². The number of benzene rings is 1. The minimum absolute atomic E-state index is 0.135. The fourth-order valence-electron chi connectivity index (χ4n) is 2.69. The maximum Gasteiger partial charge on any atom is 0.312 e. The molecule has 1 amide bonds. The Hall–Kier alpha value is -2.27. The van der Waals surface area contributed by atoms with Crippen LogP contribution in [-0.4, -0.2) is 28.1 Å². The number of aliphatic carboxylic acids is 1. The summed E-state index contributed by atoms with van der Waals surface area (Å²) in [5, 5.41) is 9.80. The van der Waals surface area contributed by atoms with Crippen LogP contribution >= 0.6 is 11.6 Å². The van der Waals surface area contributed by atoms with Crippen molar-refractivity contribution in [2.24, 2.45) is 7.05 Å². The zero-order valence-electron chi connectivity index (χ0n) is 11.3. The van der Waals surface area contributed by atoms with Gasteiger partial charge < -0.3 is 14.6 Å². The zero-order chi connectivity index (χ0) is 15.1. The normalized spacial score (nSPS) is 16.9. The summed E-state index contributed by atoms with van der Waals surface area (Å²) in [5.74, 6) is -1.87. The number of carboxylic acids is 1. The standard InChI is InChI=1S/C15H13ClN2O3/c1-17-7-9(16)6-13(17)14(19)18-8-11(15(20)21)10-4-2-3-5-12(10)18/h2-7,11H,8H2,1H3,(H,20,21)/t11-/m1/s1. The Morgan fingerprint density at radius 2 is 2.05 bits per heavy atom. The molecule has 0 bridgehead atoms. The van der Waals surface area contributed by atoms with Crippen LogP contribution in [-0.2, 0) is 11.8 Å². The van der Waals surface area contributed by atoms with E-state index < -0.39 is 11.9 Å². The van der Waals surface area contributed by atoms with Crippen LogP contribution in [0.3, 0.4) is 0 Å². The topological polar surface area (TPSA) is 62.5 Å². The molecule has 0 unspecified atom stereocenters. The molecule has 5 nitrogen and oxygen atoms in total. The van der Waals surface area contributed by atoms with E-state index in [1.54, 1.807) is 48.1 Å². The summed E-state index contributed by atoms with van der Waals surface area (Å²) < 4.78 is 1.64. The van der Waals surface area contributed by atoms with E-state index in [1.165, 1.54) is 4.90 Å². The molecule has 21 heavy (non-hydrogen) atoms. The number of hydrogen-bond donors (Lipinski definition) is 1. The average molecular weight is 305 g/mol. The molecule has 2 aromatic rings. The number of aryl methyl sites for hydroxylation is 1. The monoisotopic (exact) mass is 304 g/mol. The van der Waals surface area contributed by atoms with Crippen molar-refractivity contribution in [3.05, 3.63) is 52.8 Å². The number of halogens is 1. The van der Waals surface area contributed by atoms with Gasteiger partial charge in [-0.2, -0.15) is 0 Å². The van der Waals surface area contributed by atoms with Crippen molar-refractivity contribution in [1.82, 2.24) is 4.57 Å². The molecule has 0 saturated carbocycles. The minimum Gasteiger partial charge on any atom is -0.481 e. The van der Waals surface area contributed by atoms with E-state index in [2.05, 4.69) is 0 Å². The first kappa shape index (κ1) is 13.7. The second kappa shape index (κ2) is 4.93. The number of aromatic nitrogens is 1. The lowest BCUT2D eigenvalue weighted by Crippen LogP contribution is -2.32. The molecule has 1 aromatic carbocycles. The lowest BCUT2D eigenvalue weighted by Gasteiger charge is -2.17. The summed E-state index contributed by atoms with van der Waals surface area (Å²) >= 11 is 5.91. The Balaban J connectivity index is 2.02. The zero-order valence-corrected chi connectivity index (χ0v) is 12.0. The van der Waals surface area contributed by atoms with Gasteiger partial charge in [-0.25, -0.2) is 0 Å². The molecular formula is C15H13ClN2O3. The van der Waals surface area contributed by atoms with E-state index in [9.17, 15) is 14.7 Å². The highest BCUT2D eigenvalue weighted by Gasteiger charge is 2.37. The Morgan fingerprint density at radius 1 is 1.33 bits per heavy atom. The summed E-state index contributed by atoms with van der Waals surface area (Å²) in [7, 11) is 1.73. The van der Waals surface area contributed by atoms with Crippen molar-refractivity contribution in [2.45, 2.75) is 5.92 Å². The van der Waals surface area contributed by atoms with Gasteiger partial charge in [0.05, 0.1) is 5.02 Å². The van der Waals surface area contributed by atoms with Crippen LogP contribution in [0, 0.1) is 0 Å². The number of carboxylic acid groups (broad SMARTS) is 1. The molecule has 0 saturated heterocycles. The first-order valence-corrected chi connectivity index (χ1v) is 6.82. The molecule has 2 heterocycles. The summed E-state index contributed by atoms with van der Waals surface area (Å²) in [5.41, 5.74) is 1.74. The van der Waals surface area contributed by atoms with Crippen LogP contribution in [0.15, 0.2) is 36.5 Å². The largest absolute Gasteiger partial charge is 0.481 e. The fourth-order valence-corrected chi connectivity index (χ4v) is 2.94. The number of fused-ring (bicyclic) bond motifs is 1. The highest BCUT2D eigenvalue weighted by atomic mass is 35.5. The number of nitrogens with zero attached hydrogens (tertiary/aromatic N) is 2. The maximum absolute atomic E-state index is 12.7. The number of amides is 1. The summed E-state index contributed by atoms with van der Waals surface area (Å²) in [4.78, 5) is 25.5. The van der Waals surface area contributed by atoms with Crippen LogP contribution in [0.1, 0.15) is 22.0 Å². The van der Waals surface area contributed by atoms with E-state index in [1.807, 2.05) is 0 Å². The average Bonchev–Trinajstić information content (AvgIpc) is 2.98. The van der Waals surface area contributed by atoms with Crippen molar-refractivity contribution in [3.63, 3.8) is 0 Å². The van der Waals surface area contributed by atoms with Crippen LogP contribution < -0.4 is 4.90 Å². The van der Waals surface area contributed by atoms with Crippen molar-refractivity contribution >= 4 is 29.2 Å². The number of carbonyl (C=O) groups is 2. The first-order valence-electron chi connectivity index (χ1n) is 6.44. The van der Waals surface area contributed by atoms with Gasteiger partial charge in [0.2, 0.25) is 0 Å². The van der Waals surface area contributed by atoms with Crippen LogP contribution in [0.25, 0.3) is 0 Å². The summed E-state index contributed by atoms with van der Waals surface area (Å²) in [6, 6.07) is 8.67. The molecule has 3 rings (SSSR count). The predicted octanol–water partition coefficient (Wildman–Crippen LogP) is 2.51. The molecule has 108 valence electrons. The van der Waals surface area contributed by atoms with Crippen LogP contribution in [0.2, 0.25) is 5.02 Å². The van der Waals surface area contributed by atoms with Gasteiger partial charge >= 0.3 is 5.97 Å². The highest BCUT2D eigenvalue weighted by Crippen LogP contribution is 2.37. The van der Waals surface area contributed by atoms with Crippen molar-refractivity contribution < 1.29 is 14.7 Å². The van der Waals surface area contributed by atoms with Gasteiger partial charge in [-0.05, 0) is 17.7 Å². The molecule has 1 aromatic heterocycles. The quantitative estimate of drug-likeness (QED) is 0.927. The molecule has 1 N–H and O–H groups in total. The highest BCUT2D eigenvalue weighted by molar-refractivity contribution is 6.31. The number of hydrogen-bond acceptors (Lipinski definition) is 2. The van der Waals surface area contributed by atoms with Crippen LogP contribution in [0.4, 0.5) is 5.69 Å². The second-order valence-electron chi connectivity index (χ2n) is 5.02. The molecule has 0 fully saturated rings. The van der Waals surface area contributed by atoms with E-state index in [-0.39, 0.29) is 12.5 Å². The lowest BCUT2D eigenvalue weighted by atomic mass is 10.0. The van der Waals surface area contributed by atoms with Gasteiger partial charge in [0.15, 0.2) is 0 Å². The third-order valence-corrected chi connectivity index (χ3v) is 3.91. The van der Waals surface area contributed by atoms with Crippen molar-refractivity contribution in [2.75, 3.05) is 11.4 Å². The number of rotatable bonds is 2. The summed E-state index contributed by atoms with van der Waals surface area (Å²) in [6.45, 7) is 0.135. The Morgan fingerprint density at radius 3 is 2.67 bits per heavy atom. The second-order valence-corrected chi connectivity index (χ2v) is 5.46. The molecule has 6 heteroatoms. The molecule has 1 aliphatic rings. The molecular weight excluding hydrogens is 292 g/mol.